The molecule has 1 aromatic carbocycles. The number of nitriles is 1. The summed E-state index contributed by atoms with van der Waals surface area (Å²) < 4.78 is 8.07. The first-order valence-corrected chi connectivity index (χ1v) is 8.47. The molecule has 1 atom stereocenters. The summed E-state index contributed by atoms with van der Waals surface area (Å²) in [5.74, 6) is 2.75. The molecule has 124 valence electrons. The first kappa shape index (κ1) is 15.3. The molecule has 1 unspecified atom stereocenters. The van der Waals surface area contributed by atoms with Gasteiger partial charge >= 0.3 is 0 Å². The molecule has 0 spiro atoms. The summed E-state index contributed by atoms with van der Waals surface area (Å²) in [5.41, 5.74) is 1.74. The van der Waals surface area contributed by atoms with E-state index >= 15 is 0 Å². The van der Waals surface area contributed by atoms with Crippen molar-refractivity contribution in [3.63, 3.8) is 0 Å². The van der Waals surface area contributed by atoms with Crippen molar-refractivity contribution in [2.45, 2.75) is 31.4 Å². The van der Waals surface area contributed by atoms with Crippen LogP contribution in [0.3, 0.4) is 0 Å². The van der Waals surface area contributed by atoms with Crippen molar-refractivity contribution in [1.82, 2.24) is 19.7 Å². The van der Waals surface area contributed by atoms with Crippen LogP contribution in [-0.2, 0) is 18.3 Å². The van der Waals surface area contributed by atoms with Gasteiger partial charge in [-0.15, -0.1) is 10.2 Å². The molecule has 0 N–H and O–H groups in total. The number of nitrogens with zero attached hydrogens (tertiary/aromatic N) is 5. The number of morpholine rings is 1. The molecule has 1 aromatic heterocycles. The van der Waals surface area contributed by atoms with E-state index in [0.29, 0.717) is 18.1 Å². The smallest absolute Gasteiger partial charge is 0.146 e. The molecule has 1 saturated carbocycles. The fraction of sp³-hybridized carbons (Fsp3) is 0.500. The number of benzene rings is 1. The van der Waals surface area contributed by atoms with Gasteiger partial charge in [-0.2, -0.15) is 5.26 Å². The lowest BCUT2D eigenvalue weighted by Gasteiger charge is -2.32. The second kappa shape index (κ2) is 6.34. The quantitative estimate of drug-likeness (QED) is 0.862. The largest absolute Gasteiger partial charge is 0.371 e. The number of rotatable bonds is 4. The van der Waals surface area contributed by atoms with Crippen LogP contribution in [0.5, 0.6) is 0 Å². The Morgan fingerprint density at radius 2 is 2.21 bits per heavy atom. The highest BCUT2D eigenvalue weighted by Crippen LogP contribution is 2.38. The van der Waals surface area contributed by atoms with Crippen molar-refractivity contribution in [3.8, 4) is 6.07 Å². The maximum atomic E-state index is 9.07. The van der Waals surface area contributed by atoms with Crippen LogP contribution in [0.2, 0.25) is 0 Å². The minimum Gasteiger partial charge on any atom is -0.371 e. The van der Waals surface area contributed by atoms with Crippen LogP contribution in [0, 0.1) is 11.3 Å². The normalized spacial score (nSPS) is 21.6. The van der Waals surface area contributed by atoms with Crippen molar-refractivity contribution < 1.29 is 4.74 Å². The van der Waals surface area contributed by atoms with E-state index in [2.05, 4.69) is 32.8 Å². The standard InChI is InChI=1S/C18H21N5O/c1-22-17(20-21-18(22)14-5-6-14)12-23-7-8-24-16(11-23)15-4-2-3-13(9-15)10-19/h2-4,9,14,16H,5-8,11-12H2,1H3. The van der Waals surface area contributed by atoms with Gasteiger partial charge in [-0.05, 0) is 30.5 Å². The fourth-order valence-corrected chi connectivity index (χ4v) is 3.27. The summed E-state index contributed by atoms with van der Waals surface area (Å²) >= 11 is 0. The molecule has 2 aliphatic rings. The Bertz CT molecular complexity index is 774. The highest BCUT2D eigenvalue weighted by Gasteiger charge is 2.30. The van der Waals surface area contributed by atoms with Gasteiger partial charge in [0.15, 0.2) is 0 Å². The van der Waals surface area contributed by atoms with Gasteiger partial charge in [-0.3, -0.25) is 4.90 Å². The van der Waals surface area contributed by atoms with Crippen LogP contribution in [0.15, 0.2) is 24.3 Å². The molecule has 1 aliphatic heterocycles. The number of hydrogen-bond donors (Lipinski definition) is 0. The molecule has 6 heteroatoms. The van der Waals surface area contributed by atoms with Crippen molar-refractivity contribution in [2.24, 2.45) is 7.05 Å². The molecule has 1 saturated heterocycles. The Labute approximate surface area is 141 Å². The van der Waals surface area contributed by atoms with E-state index < -0.39 is 0 Å². The molecule has 1 aliphatic carbocycles. The summed E-state index contributed by atoms with van der Waals surface area (Å²) in [7, 11) is 2.07. The Hall–Kier alpha value is -2.23. The lowest BCUT2D eigenvalue weighted by Crippen LogP contribution is -2.38. The van der Waals surface area contributed by atoms with Crippen molar-refractivity contribution in [1.29, 1.82) is 5.26 Å². The van der Waals surface area contributed by atoms with Gasteiger partial charge in [0.25, 0.3) is 0 Å². The van der Waals surface area contributed by atoms with E-state index in [4.69, 9.17) is 10.00 Å². The third-order valence-electron chi connectivity index (χ3n) is 4.84. The van der Waals surface area contributed by atoms with Crippen LogP contribution < -0.4 is 0 Å². The molecule has 0 amide bonds. The topological polar surface area (TPSA) is 67.0 Å². The second-order valence-corrected chi connectivity index (χ2v) is 6.64. The summed E-state index contributed by atoms with van der Waals surface area (Å²) in [4.78, 5) is 2.36. The zero-order valence-electron chi connectivity index (χ0n) is 13.9. The van der Waals surface area contributed by atoms with E-state index in [-0.39, 0.29) is 6.10 Å². The zero-order valence-corrected chi connectivity index (χ0v) is 13.9. The Morgan fingerprint density at radius 1 is 1.33 bits per heavy atom. The van der Waals surface area contributed by atoms with Crippen molar-refractivity contribution in [2.75, 3.05) is 19.7 Å². The number of ether oxygens (including phenoxy) is 1. The van der Waals surface area contributed by atoms with Crippen LogP contribution in [0.1, 0.15) is 47.6 Å². The minimum atomic E-state index is 0.00294. The first-order valence-electron chi connectivity index (χ1n) is 8.47. The monoisotopic (exact) mass is 323 g/mol. The minimum absolute atomic E-state index is 0.00294. The summed E-state index contributed by atoms with van der Waals surface area (Å²) in [6.45, 7) is 3.17. The van der Waals surface area contributed by atoms with Crippen LogP contribution in [-0.4, -0.2) is 39.4 Å². The van der Waals surface area contributed by atoms with Gasteiger partial charge in [0, 0.05) is 26.1 Å². The summed E-state index contributed by atoms with van der Waals surface area (Å²) in [6.07, 6.45) is 2.48. The zero-order chi connectivity index (χ0) is 16.5. The lowest BCUT2D eigenvalue weighted by molar-refractivity contribution is -0.0339. The van der Waals surface area contributed by atoms with Gasteiger partial charge in [0.05, 0.1) is 30.9 Å². The molecule has 2 aromatic rings. The maximum absolute atomic E-state index is 9.07. The molecule has 2 fully saturated rings. The molecule has 4 rings (SSSR count). The van der Waals surface area contributed by atoms with E-state index in [9.17, 15) is 0 Å². The van der Waals surface area contributed by atoms with Crippen LogP contribution in [0.4, 0.5) is 0 Å². The van der Waals surface area contributed by atoms with Gasteiger partial charge in [-0.25, -0.2) is 0 Å². The predicted molar refractivity (Wildman–Crippen MR) is 88.1 cm³/mol. The molecule has 0 bridgehead atoms. The third-order valence-corrected chi connectivity index (χ3v) is 4.84. The Kier molecular flexibility index (Phi) is 4.05. The first-order chi connectivity index (χ1) is 11.7. The SMILES string of the molecule is Cn1c(CN2CCOC(c3cccc(C#N)c3)C2)nnc1C1CC1. The molecule has 6 nitrogen and oxygen atoms in total. The van der Waals surface area contributed by atoms with Gasteiger partial charge in [0.2, 0.25) is 0 Å². The second-order valence-electron chi connectivity index (χ2n) is 6.64. The fourth-order valence-electron chi connectivity index (χ4n) is 3.27. The van der Waals surface area contributed by atoms with Crippen molar-refractivity contribution >= 4 is 0 Å². The van der Waals surface area contributed by atoms with Gasteiger partial charge < -0.3 is 9.30 Å². The molecule has 0 radical (unpaired) electrons. The molecular weight excluding hydrogens is 302 g/mol. The maximum Gasteiger partial charge on any atom is 0.146 e. The number of aromatic nitrogens is 3. The van der Waals surface area contributed by atoms with E-state index in [1.807, 2.05) is 24.3 Å². The van der Waals surface area contributed by atoms with E-state index in [0.717, 1.165) is 36.8 Å². The molecule has 2 heterocycles. The van der Waals surface area contributed by atoms with Crippen LogP contribution >= 0.6 is 0 Å². The van der Waals surface area contributed by atoms with Crippen molar-refractivity contribution in [3.05, 3.63) is 47.0 Å². The highest BCUT2D eigenvalue weighted by atomic mass is 16.5. The highest BCUT2D eigenvalue weighted by molar-refractivity contribution is 5.34. The van der Waals surface area contributed by atoms with E-state index in [1.54, 1.807) is 0 Å². The Balaban J connectivity index is 1.46. The third kappa shape index (κ3) is 3.05. The summed E-state index contributed by atoms with van der Waals surface area (Å²) in [5, 5.41) is 17.8. The Morgan fingerprint density at radius 3 is 3.00 bits per heavy atom. The number of hydrogen-bond acceptors (Lipinski definition) is 5. The van der Waals surface area contributed by atoms with E-state index in [1.165, 1.54) is 12.8 Å². The molecular formula is C18H21N5O. The molecule has 24 heavy (non-hydrogen) atoms. The van der Waals surface area contributed by atoms with Crippen LogP contribution in [0.25, 0.3) is 0 Å². The lowest BCUT2D eigenvalue weighted by atomic mass is 10.0. The van der Waals surface area contributed by atoms with Gasteiger partial charge in [0.1, 0.15) is 11.6 Å². The predicted octanol–water partition coefficient (Wildman–Crippen LogP) is 2.14. The average Bonchev–Trinajstić information content (AvgIpc) is 3.40. The average molecular weight is 323 g/mol. The van der Waals surface area contributed by atoms with Gasteiger partial charge in [-0.1, -0.05) is 12.1 Å². The summed E-state index contributed by atoms with van der Waals surface area (Å²) in [6, 6.07) is 9.88.